The Balaban J connectivity index is 1.65. The molecule has 1 aliphatic heterocycles. The highest BCUT2D eigenvalue weighted by Gasteiger charge is 2.34. The molecule has 0 bridgehead atoms. The van der Waals surface area contributed by atoms with Crippen LogP contribution in [0.25, 0.3) is 0 Å². The van der Waals surface area contributed by atoms with Gasteiger partial charge in [-0.05, 0) is 68.7 Å². The molecule has 43 heavy (non-hydrogen) atoms. The van der Waals surface area contributed by atoms with Crippen LogP contribution in [-0.2, 0) is 17.8 Å². The predicted molar refractivity (Wildman–Crippen MR) is 163 cm³/mol. The fraction of sp³-hybridized carbons (Fsp3) is 0.419. The zero-order valence-corrected chi connectivity index (χ0v) is 25.1. The van der Waals surface area contributed by atoms with Crippen LogP contribution in [0.3, 0.4) is 0 Å². The van der Waals surface area contributed by atoms with E-state index in [-0.39, 0.29) is 30.3 Å². The molecule has 2 N–H and O–H groups in total. The largest absolute Gasteiger partial charge is 0.497 e. The van der Waals surface area contributed by atoms with Crippen molar-refractivity contribution in [3.63, 3.8) is 0 Å². The molecule has 1 saturated heterocycles. The lowest BCUT2D eigenvalue weighted by atomic mass is 10.0. The number of rotatable bonds is 10. The van der Waals surface area contributed by atoms with E-state index in [4.69, 9.17) is 14.2 Å². The second-order valence-corrected chi connectivity index (χ2v) is 11.5. The van der Waals surface area contributed by atoms with Crippen LogP contribution in [0, 0.1) is 10.1 Å². The van der Waals surface area contributed by atoms with Crippen LogP contribution in [0.2, 0.25) is 0 Å². The van der Waals surface area contributed by atoms with Gasteiger partial charge in [0.05, 0.1) is 31.8 Å². The Hall–Kier alpha value is -4.58. The Morgan fingerprint density at radius 1 is 1.02 bits per heavy atom. The van der Waals surface area contributed by atoms with E-state index in [1.165, 1.54) is 11.1 Å². The summed E-state index contributed by atoms with van der Waals surface area (Å²) >= 11 is 0. The fourth-order valence-corrected chi connectivity index (χ4v) is 4.95. The van der Waals surface area contributed by atoms with E-state index in [1.54, 1.807) is 41.1 Å². The van der Waals surface area contributed by atoms with E-state index in [0.717, 1.165) is 11.1 Å². The molecule has 0 aliphatic carbocycles. The highest BCUT2D eigenvalue weighted by molar-refractivity contribution is 5.74. The lowest BCUT2D eigenvalue weighted by Crippen LogP contribution is -2.52. The van der Waals surface area contributed by atoms with Gasteiger partial charge in [-0.15, -0.1) is 0 Å². The van der Waals surface area contributed by atoms with Gasteiger partial charge in [-0.1, -0.05) is 24.3 Å². The molecule has 2 atom stereocenters. The minimum atomic E-state index is -0.819. The summed E-state index contributed by atoms with van der Waals surface area (Å²) in [5.41, 5.74) is 1.17. The van der Waals surface area contributed by atoms with Gasteiger partial charge in [0.25, 0.3) is 0 Å². The number of benzene rings is 2. The number of aromatic nitrogens is 1. The summed E-state index contributed by atoms with van der Waals surface area (Å²) in [6, 6.07) is 16.1. The number of amides is 1. The van der Waals surface area contributed by atoms with Gasteiger partial charge in [-0.2, -0.15) is 0 Å². The first-order valence-electron chi connectivity index (χ1n) is 14.0. The van der Waals surface area contributed by atoms with Gasteiger partial charge in [0.1, 0.15) is 22.8 Å². The maximum Gasteiger partial charge on any atom is 0.410 e. The summed E-state index contributed by atoms with van der Waals surface area (Å²) < 4.78 is 16.1. The van der Waals surface area contributed by atoms with Gasteiger partial charge >= 0.3 is 11.8 Å². The topological polar surface area (TPSA) is 140 Å². The third-order valence-electron chi connectivity index (χ3n) is 6.89. The van der Waals surface area contributed by atoms with Crippen molar-refractivity contribution < 1.29 is 29.0 Å². The SMILES string of the molecule is COc1ccc(CN(Cc2ccc(OC)cc2)c2nccc(N[C@@H]3C[C@H](O)CN(C(=O)OC(C)(C)C)C3)c2[N+](=O)[O-])cc1. The molecule has 12 nitrogen and oxygen atoms in total. The highest BCUT2D eigenvalue weighted by atomic mass is 16.6. The summed E-state index contributed by atoms with van der Waals surface area (Å²) in [6.07, 6.45) is 0.453. The number of aliphatic hydroxyl groups excluding tert-OH is 1. The third-order valence-corrected chi connectivity index (χ3v) is 6.89. The summed E-state index contributed by atoms with van der Waals surface area (Å²) in [7, 11) is 3.18. The molecule has 3 aromatic rings. The van der Waals surface area contributed by atoms with Gasteiger partial charge < -0.3 is 34.4 Å². The second-order valence-electron chi connectivity index (χ2n) is 11.5. The number of nitrogens with one attached hydrogen (secondary N) is 1. The van der Waals surface area contributed by atoms with Crippen molar-refractivity contribution in [2.45, 2.75) is 58.0 Å². The lowest BCUT2D eigenvalue weighted by Gasteiger charge is -2.37. The summed E-state index contributed by atoms with van der Waals surface area (Å²) in [4.78, 5) is 32.6. The zero-order valence-electron chi connectivity index (χ0n) is 25.1. The van der Waals surface area contributed by atoms with Crippen molar-refractivity contribution in [2.75, 3.05) is 37.5 Å². The number of nitrogens with zero attached hydrogens (tertiary/aromatic N) is 4. The van der Waals surface area contributed by atoms with Crippen molar-refractivity contribution in [3.05, 3.63) is 82.0 Å². The lowest BCUT2D eigenvalue weighted by molar-refractivity contribution is -0.383. The second kappa shape index (κ2) is 13.6. The maximum absolute atomic E-state index is 12.7. The molecule has 1 fully saturated rings. The van der Waals surface area contributed by atoms with Crippen molar-refractivity contribution in [1.29, 1.82) is 0 Å². The van der Waals surface area contributed by atoms with Crippen LogP contribution in [0.15, 0.2) is 60.8 Å². The average molecular weight is 594 g/mol. The maximum atomic E-state index is 12.7. The Morgan fingerprint density at radius 2 is 1.58 bits per heavy atom. The minimum Gasteiger partial charge on any atom is -0.497 e. The van der Waals surface area contributed by atoms with Gasteiger partial charge in [-0.25, -0.2) is 9.78 Å². The Morgan fingerprint density at radius 3 is 2.07 bits per heavy atom. The number of nitro groups is 1. The molecule has 0 unspecified atom stereocenters. The van der Waals surface area contributed by atoms with Crippen molar-refractivity contribution in [2.24, 2.45) is 0 Å². The summed E-state index contributed by atoms with van der Waals surface area (Å²) in [5, 5.41) is 26.3. The number of methoxy groups -OCH3 is 2. The standard InChI is InChI=1S/C31H39N5O7/c1-31(2,3)43-30(38)35-19-23(16-24(37)20-35)33-27-14-15-32-29(28(27)36(39)40)34(17-21-6-10-25(41-4)11-7-21)18-22-8-12-26(42-5)13-9-22/h6-15,23-24,37H,16-20H2,1-5H3,(H,32,33)/t23-,24+/m1/s1. The number of carbonyl (C=O) groups excluding carboxylic acids is 1. The van der Waals surface area contributed by atoms with Crippen LogP contribution in [0.5, 0.6) is 11.5 Å². The van der Waals surface area contributed by atoms with E-state index >= 15 is 0 Å². The fourth-order valence-electron chi connectivity index (χ4n) is 4.95. The molecule has 1 amide bonds. The number of likely N-dealkylation sites (tertiary alicyclic amines) is 1. The van der Waals surface area contributed by atoms with Crippen LogP contribution >= 0.6 is 0 Å². The molecule has 0 radical (unpaired) electrons. The molecule has 2 aromatic carbocycles. The summed E-state index contributed by atoms with van der Waals surface area (Å²) in [6.45, 7) is 6.31. The van der Waals surface area contributed by atoms with Gasteiger partial charge in [0.2, 0.25) is 5.82 Å². The first-order chi connectivity index (χ1) is 20.5. The number of ether oxygens (including phenoxy) is 3. The monoisotopic (exact) mass is 593 g/mol. The molecule has 12 heteroatoms. The van der Waals surface area contributed by atoms with Crippen LogP contribution in [-0.4, -0.2) is 71.1 Å². The molecule has 0 spiro atoms. The number of pyridine rings is 1. The number of hydrogen-bond donors (Lipinski definition) is 2. The predicted octanol–water partition coefficient (Wildman–Crippen LogP) is 5.00. The Bertz CT molecular complexity index is 1340. The molecule has 1 aliphatic rings. The molecule has 2 heterocycles. The van der Waals surface area contributed by atoms with Crippen LogP contribution < -0.4 is 19.7 Å². The van der Waals surface area contributed by atoms with E-state index in [0.29, 0.717) is 31.0 Å². The van der Waals surface area contributed by atoms with Crippen molar-refractivity contribution >= 4 is 23.3 Å². The number of aliphatic hydroxyl groups is 1. The van der Waals surface area contributed by atoms with E-state index in [9.17, 15) is 20.0 Å². The Kier molecular flexibility index (Phi) is 9.92. The van der Waals surface area contributed by atoms with E-state index in [2.05, 4.69) is 10.3 Å². The smallest absolute Gasteiger partial charge is 0.410 e. The minimum absolute atomic E-state index is 0.119. The van der Waals surface area contributed by atoms with Crippen LogP contribution in [0.1, 0.15) is 38.3 Å². The van der Waals surface area contributed by atoms with Gasteiger partial charge in [0, 0.05) is 31.9 Å². The van der Waals surface area contributed by atoms with Gasteiger partial charge in [-0.3, -0.25) is 10.1 Å². The van der Waals surface area contributed by atoms with Crippen molar-refractivity contribution in [3.8, 4) is 11.5 Å². The van der Waals surface area contributed by atoms with E-state index < -0.39 is 28.8 Å². The first kappa shape index (κ1) is 31.4. The first-order valence-corrected chi connectivity index (χ1v) is 14.0. The number of piperidine rings is 1. The Labute approximate surface area is 251 Å². The number of carbonyl (C=O) groups is 1. The molecule has 230 valence electrons. The molecule has 4 rings (SSSR count). The molecular formula is C31H39N5O7. The third kappa shape index (κ3) is 8.48. The average Bonchev–Trinajstić information content (AvgIpc) is 2.96. The number of β-amino-alcohol motifs (C(OH)–C–C–N with tert-alkyl or cyclic N) is 1. The highest BCUT2D eigenvalue weighted by Crippen LogP contribution is 2.36. The van der Waals surface area contributed by atoms with E-state index in [1.807, 2.05) is 53.4 Å². The number of anilines is 2. The normalized spacial score (nSPS) is 16.7. The number of hydrogen-bond acceptors (Lipinski definition) is 10. The summed E-state index contributed by atoms with van der Waals surface area (Å²) in [5.74, 6) is 1.59. The zero-order chi connectivity index (χ0) is 31.1. The molecule has 1 aromatic heterocycles. The van der Waals surface area contributed by atoms with Gasteiger partial charge in [0.15, 0.2) is 0 Å². The molecule has 0 saturated carbocycles. The molecular weight excluding hydrogens is 554 g/mol. The van der Waals surface area contributed by atoms with Crippen LogP contribution in [0.4, 0.5) is 22.0 Å². The van der Waals surface area contributed by atoms with Crippen molar-refractivity contribution in [1.82, 2.24) is 9.88 Å². The quantitative estimate of drug-likeness (QED) is 0.244.